The highest BCUT2D eigenvalue weighted by Crippen LogP contribution is 2.38. The predicted molar refractivity (Wildman–Crippen MR) is 117 cm³/mol. The van der Waals surface area contributed by atoms with Crippen LogP contribution in [0.15, 0.2) is 65.5 Å². The molecule has 1 aromatic heterocycles. The smallest absolute Gasteiger partial charge is 0.295 e. The van der Waals surface area contributed by atoms with E-state index in [-0.39, 0.29) is 17.2 Å². The Hall–Kier alpha value is -3.51. The number of ether oxygens (including phenoxy) is 1. The van der Waals surface area contributed by atoms with E-state index in [1.54, 1.807) is 12.1 Å². The van der Waals surface area contributed by atoms with Crippen LogP contribution < -0.4 is 15.2 Å². The van der Waals surface area contributed by atoms with Gasteiger partial charge in [-0.15, -0.1) is 0 Å². The molecule has 0 aliphatic heterocycles. The maximum atomic E-state index is 13.4. The number of H-pyrrole nitrogens is 1. The highest BCUT2D eigenvalue weighted by Gasteiger charge is 2.17. The van der Waals surface area contributed by atoms with Crippen molar-refractivity contribution in [2.45, 2.75) is 0 Å². The zero-order chi connectivity index (χ0) is 21.4. The van der Waals surface area contributed by atoms with Gasteiger partial charge in [-0.05, 0) is 42.0 Å². The molecule has 1 heterocycles. The average Bonchev–Trinajstić information content (AvgIpc) is 2.71. The Balaban J connectivity index is 1.83. The summed E-state index contributed by atoms with van der Waals surface area (Å²) in [7, 11) is 3.90. The van der Waals surface area contributed by atoms with Gasteiger partial charge in [-0.1, -0.05) is 29.8 Å². The molecule has 0 fully saturated rings. The summed E-state index contributed by atoms with van der Waals surface area (Å²) in [6.45, 7) is 0. The lowest BCUT2D eigenvalue weighted by atomic mass is 10.0. The van der Waals surface area contributed by atoms with Crippen LogP contribution >= 0.6 is 11.6 Å². The molecule has 0 aliphatic rings. The summed E-state index contributed by atoms with van der Waals surface area (Å²) in [6, 6.07) is 16.4. The molecule has 4 rings (SSSR count). The summed E-state index contributed by atoms with van der Waals surface area (Å²) >= 11 is 6.44. The van der Waals surface area contributed by atoms with Crippen LogP contribution in [0, 0.1) is 5.82 Å². The Bertz CT molecular complexity index is 1300. The van der Waals surface area contributed by atoms with E-state index in [0.717, 1.165) is 17.3 Å². The molecule has 5 nitrogen and oxygen atoms in total. The highest BCUT2D eigenvalue weighted by molar-refractivity contribution is 6.34. The quantitative estimate of drug-likeness (QED) is 0.450. The fourth-order valence-electron chi connectivity index (χ4n) is 3.18. The van der Waals surface area contributed by atoms with E-state index in [1.165, 1.54) is 18.2 Å². The van der Waals surface area contributed by atoms with Crippen molar-refractivity contribution in [2.24, 2.45) is 0 Å². The molecule has 0 bridgehead atoms. The first kappa shape index (κ1) is 19.8. The van der Waals surface area contributed by atoms with Gasteiger partial charge in [0, 0.05) is 36.8 Å². The van der Waals surface area contributed by atoms with Crippen LogP contribution in [0.3, 0.4) is 0 Å². The van der Waals surface area contributed by atoms with Crippen molar-refractivity contribution in [1.82, 2.24) is 4.98 Å². The number of anilines is 1. The van der Waals surface area contributed by atoms with Crippen LogP contribution in [0.5, 0.6) is 17.2 Å². The number of halogens is 2. The lowest BCUT2D eigenvalue weighted by molar-refractivity contribution is 0.409. The second kappa shape index (κ2) is 7.72. The van der Waals surface area contributed by atoms with Crippen LogP contribution in [0.1, 0.15) is 0 Å². The van der Waals surface area contributed by atoms with Gasteiger partial charge in [0.1, 0.15) is 11.6 Å². The number of fused-ring (bicyclic) bond motifs is 1. The molecule has 0 saturated heterocycles. The Labute approximate surface area is 176 Å². The molecule has 3 aromatic carbocycles. The van der Waals surface area contributed by atoms with Gasteiger partial charge < -0.3 is 19.7 Å². The van der Waals surface area contributed by atoms with Crippen molar-refractivity contribution in [3.05, 3.63) is 81.9 Å². The third-order valence-corrected chi connectivity index (χ3v) is 5.06. The fourth-order valence-corrected chi connectivity index (χ4v) is 3.46. The first-order chi connectivity index (χ1) is 14.3. The number of rotatable bonds is 4. The van der Waals surface area contributed by atoms with E-state index < -0.39 is 11.4 Å². The Kier molecular flexibility index (Phi) is 5.10. The van der Waals surface area contributed by atoms with E-state index in [0.29, 0.717) is 21.5 Å². The molecule has 7 heteroatoms. The van der Waals surface area contributed by atoms with Crippen LogP contribution in [-0.4, -0.2) is 24.2 Å². The molecule has 0 amide bonds. The molecule has 152 valence electrons. The molecule has 4 aromatic rings. The summed E-state index contributed by atoms with van der Waals surface area (Å²) in [4.78, 5) is 17.1. The number of aromatic hydroxyl groups is 1. The first-order valence-electron chi connectivity index (χ1n) is 9.13. The first-order valence-corrected chi connectivity index (χ1v) is 9.51. The average molecular weight is 425 g/mol. The van der Waals surface area contributed by atoms with Gasteiger partial charge in [0.25, 0.3) is 5.56 Å². The van der Waals surface area contributed by atoms with Gasteiger partial charge in [0.15, 0.2) is 5.75 Å². The van der Waals surface area contributed by atoms with E-state index >= 15 is 0 Å². The molecule has 0 saturated carbocycles. The lowest BCUT2D eigenvalue weighted by Crippen LogP contribution is -2.09. The molecule has 0 atom stereocenters. The second-order valence-electron chi connectivity index (χ2n) is 7.01. The zero-order valence-electron chi connectivity index (χ0n) is 16.2. The molecule has 0 unspecified atom stereocenters. The van der Waals surface area contributed by atoms with Gasteiger partial charge in [-0.3, -0.25) is 4.79 Å². The Morgan fingerprint density at radius 3 is 2.47 bits per heavy atom. The van der Waals surface area contributed by atoms with E-state index in [9.17, 15) is 14.3 Å². The van der Waals surface area contributed by atoms with Gasteiger partial charge in [0.05, 0.1) is 10.5 Å². The summed E-state index contributed by atoms with van der Waals surface area (Å²) in [5.41, 5.74) is 2.29. The van der Waals surface area contributed by atoms with Gasteiger partial charge in [-0.25, -0.2) is 4.39 Å². The number of hydrogen-bond acceptors (Lipinski definition) is 4. The number of aromatic amines is 1. The number of nitrogens with zero attached hydrogens (tertiary/aromatic N) is 1. The highest BCUT2D eigenvalue weighted by atomic mass is 35.5. The van der Waals surface area contributed by atoms with E-state index in [2.05, 4.69) is 4.98 Å². The molecule has 0 aliphatic carbocycles. The maximum absolute atomic E-state index is 13.4. The SMILES string of the molecule is CN(C)c1ccc(-c2cc3c(O)c(Oc4cccc(F)c4)c(=O)[nH]c3cc2Cl)cc1. The summed E-state index contributed by atoms with van der Waals surface area (Å²) in [5, 5.41) is 11.5. The molecular formula is C23H18ClFN2O3. The van der Waals surface area contributed by atoms with Crippen molar-refractivity contribution in [2.75, 3.05) is 19.0 Å². The van der Waals surface area contributed by atoms with Crippen molar-refractivity contribution in [1.29, 1.82) is 0 Å². The van der Waals surface area contributed by atoms with Crippen LogP contribution in [0.4, 0.5) is 10.1 Å². The minimum atomic E-state index is -0.650. The topological polar surface area (TPSA) is 65.6 Å². The van der Waals surface area contributed by atoms with Gasteiger partial charge in [0.2, 0.25) is 5.75 Å². The number of aromatic nitrogens is 1. The van der Waals surface area contributed by atoms with Crippen molar-refractivity contribution >= 4 is 28.2 Å². The number of hydrogen-bond donors (Lipinski definition) is 2. The van der Waals surface area contributed by atoms with Crippen molar-refractivity contribution in [3.63, 3.8) is 0 Å². The largest absolute Gasteiger partial charge is 0.504 e. The molecule has 0 spiro atoms. The lowest BCUT2D eigenvalue weighted by Gasteiger charge is -2.14. The summed E-state index contributed by atoms with van der Waals surface area (Å²) < 4.78 is 18.9. The molecule has 2 N–H and O–H groups in total. The van der Waals surface area contributed by atoms with Crippen molar-refractivity contribution in [3.8, 4) is 28.4 Å². The van der Waals surface area contributed by atoms with E-state index in [1.807, 2.05) is 43.3 Å². The normalized spacial score (nSPS) is 10.9. The monoisotopic (exact) mass is 424 g/mol. The van der Waals surface area contributed by atoms with Crippen molar-refractivity contribution < 1.29 is 14.2 Å². The molecular weight excluding hydrogens is 407 g/mol. The number of pyridine rings is 1. The van der Waals surface area contributed by atoms with E-state index in [4.69, 9.17) is 16.3 Å². The third kappa shape index (κ3) is 3.69. The van der Waals surface area contributed by atoms with Gasteiger partial charge in [-0.2, -0.15) is 0 Å². The second-order valence-corrected chi connectivity index (χ2v) is 7.42. The van der Waals surface area contributed by atoms with Crippen LogP contribution in [0.2, 0.25) is 5.02 Å². The third-order valence-electron chi connectivity index (χ3n) is 4.74. The standard InChI is InChI=1S/C23H18ClFN2O3/c1-27(2)15-8-6-13(7-9-15)17-11-18-20(12-19(17)24)26-23(29)22(21(18)28)30-16-5-3-4-14(25)10-16/h3-12H,1-2H3,(H2,26,28,29). The zero-order valence-corrected chi connectivity index (χ0v) is 17.0. The van der Waals surface area contributed by atoms with Gasteiger partial charge >= 0.3 is 0 Å². The fraction of sp³-hybridized carbons (Fsp3) is 0.0870. The molecule has 0 radical (unpaired) electrons. The van der Waals surface area contributed by atoms with Crippen LogP contribution in [-0.2, 0) is 0 Å². The van der Waals surface area contributed by atoms with Crippen LogP contribution in [0.25, 0.3) is 22.0 Å². The summed E-state index contributed by atoms with van der Waals surface area (Å²) in [6.07, 6.45) is 0. The Morgan fingerprint density at radius 2 is 1.80 bits per heavy atom. The Morgan fingerprint density at radius 1 is 1.07 bits per heavy atom. The maximum Gasteiger partial charge on any atom is 0.295 e. The minimum Gasteiger partial charge on any atom is -0.504 e. The summed E-state index contributed by atoms with van der Waals surface area (Å²) in [5.74, 6) is -1.08. The predicted octanol–water partition coefficient (Wildman–Crippen LogP) is 5.55. The number of nitrogens with one attached hydrogen (secondary N) is 1. The molecule has 30 heavy (non-hydrogen) atoms. The number of benzene rings is 3. The minimum absolute atomic E-state index is 0.101.